The van der Waals surface area contributed by atoms with E-state index in [2.05, 4.69) is 5.32 Å². The normalized spacial score (nSPS) is 11.4. The number of halogens is 1. The van der Waals surface area contributed by atoms with Gasteiger partial charge in [-0.25, -0.2) is 4.39 Å². The van der Waals surface area contributed by atoms with Crippen molar-refractivity contribution in [2.24, 2.45) is 0 Å². The molecule has 0 radical (unpaired) electrons. The first-order valence-corrected chi connectivity index (χ1v) is 9.51. The molecule has 1 atom stereocenters. The highest BCUT2D eigenvalue weighted by atomic mass is 19.1. The van der Waals surface area contributed by atoms with E-state index in [-0.39, 0.29) is 29.6 Å². The second-order valence-corrected chi connectivity index (χ2v) is 6.57. The number of likely N-dealkylation sites (N-methyl/N-ethyl adjacent to an activating group) is 1. The van der Waals surface area contributed by atoms with Crippen LogP contribution in [0.1, 0.15) is 18.9 Å². The van der Waals surface area contributed by atoms with Crippen molar-refractivity contribution >= 4 is 17.5 Å². The van der Waals surface area contributed by atoms with Crippen LogP contribution < -0.4 is 14.8 Å². The number of nitro benzene ring substituents is 1. The minimum absolute atomic E-state index is 0.00471. The van der Waals surface area contributed by atoms with E-state index in [1.165, 1.54) is 61.5 Å². The first kappa shape index (κ1) is 23.6. The summed E-state index contributed by atoms with van der Waals surface area (Å²) in [6.07, 6.45) is 0.359. The molecule has 1 N–H and O–H groups in total. The predicted molar refractivity (Wildman–Crippen MR) is 110 cm³/mol. The third-order valence-electron chi connectivity index (χ3n) is 4.61. The van der Waals surface area contributed by atoms with Gasteiger partial charge in [0.15, 0.2) is 6.61 Å². The Morgan fingerprint density at radius 3 is 2.45 bits per heavy atom. The molecule has 0 aromatic heterocycles. The van der Waals surface area contributed by atoms with E-state index in [9.17, 15) is 24.1 Å². The molecule has 0 aliphatic heterocycles. The number of methoxy groups -OCH3 is 1. The molecule has 9 nitrogen and oxygen atoms in total. The van der Waals surface area contributed by atoms with E-state index in [4.69, 9.17) is 9.47 Å². The first-order valence-electron chi connectivity index (χ1n) is 9.51. The molecule has 1 unspecified atom stereocenters. The van der Waals surface area contributed by atoms with Gasteiger partial charge in [0.25, 0.3) is 5.91 Å². The third-order valence-corrected chi connectivity index (χ3v) is 4.61. The number of carbonyl (C=O) groups is 2. The van der Waals surface area contributed by atoms with Crippen molar-refractivity contribution in [3.8, 4) is 11.5 Å². The number of hydrogen-bond donors (Lipinski definition) is 1. The maximum absolute atomic E-state index is 13.2. The number of ether oxygens (including phenoxy) is 2. The number of nitro groups is 1. The lowest BCUT2D eigenvalue weighted by Gasteiger charge is -2.30. The Morgan fingerprint density at radius 1 is 1.23 bits per heavy atom. The summed E-state index contributed by atoms with van der Waals surface area (Å²) in [4.78, 5) is 37.0. The summed E-state index contributed by atoms with van der Waals surface area (Å²) in [5, 5.41) is 13.5. The highest BCUT2D eigenvalue weighted by molar-refractivity contribution is 5.88. The van der Waals surface area contributed by atoms with Crippen LogP contribution in [0.4, 0.5) is 10.1 Å². The number of nitrogens with one attached hydrogen (secondary N) is 1. The number of nitrogens with zero attached hydrogens (tertiary/aromatic N) is 2. The quantitative estimate of drug-likeness (QED) is 0.456. The molecule has 0 aliphatic carbocycles. The third kappa shape index (κ3) is 6.14. The molecule has 2 amide bonds. The Balaban J connectivity index is 2.21. The van der Waals surface area contributed by atoms with Crippen LogP contribution in [0, 0.1) is 15.9 Å². The zero-order valence-electron chi connectivity index (χ0n) is 17.5. The van der Waals surface area contributed by atoms with Crippen molar-refractivity contribution in [2.75, 3.05) is 20.8 Å². The number of amides is 2. The highest BCUT2D eigenvalue weighted by Gasteiger charge is 2.28. The molecular weight excluding hydrogens is 409 g/mol. The molecule has 2 rings (SSSR count). The van der Waals surface area contributed by atoms with Crippen LogP contribution in [-0.4, -0.2) is 48.4 Å². The van der Waals surface area contributed by atoms with Crippen molar-refractivity contribution in [3.63, 3.8) is 0 Å². The van der Waals surface area contributed by atoms with Crippen LogP contribution in [0.5, 0.6) is 11.5 Å². The van der Waals surface area contributed by atoms with Crippen LogP contribution in [0.25, 0.3) is 0 Å². The van der Waals surface area contributed by atoms with E-state index < -0.39 is 29.3 Å². The maximum atomic E-state index is 13.2. The Hall–Kier alpha value is -3.69. The fraction of sp³-hybridized carbons (Fsp3) is 0.333. The van der Waals surface area contributed by atoms with Crippen molar-refractivity contribution in [3.05, 3.63) is 64.0 Å². The second kappa shape index (κ2) is 10.9. The van der Waals surface area contributed by atoms with E-state index in [0.29, 0.717) is 12.0 Å². The molecule has 10 heteroatoms. The summed E-state index contributed by atoms with van der Waals surface area (Å²) >= 11 is 0. The smallest absolute Gasteiger partial charge is 0.311 e. The van der Waals surface area contributed by atoms with E-state index in [1.54, 1.807) is 6.92 Å². The summed E-state index contributed by atoms with van der Waals surface area (Å²) in [5.41, 5.74) is 0.416. The summed E-state index contributed by atoms with van der Waals surface area (Å²) in [7, 11) is 2.77. The molecule has 0 saturated carbocycles. The number of benzene rings is 2. The van der Waals surface area contributed by atoms with Crippen molar-refractivity contribution in [2.45, 2.75) is 25.9 Å². The lowest BCUT2D eigenvalue weighted by Crippen LogP contribution is -2.49. The van der Waals surface area contributed by atoms with Crippen LogP contribution in [-0.2, 0) is 16.1 Å². The Kier molecular flexibility index (Phi) is 8.30. The molecule has 0 aliphatic rings. The Labute approximate surface area is 178 Å². The van der Waals surface area contributed by atoms with Gasteiger partial charge in [-0.3, -0.25) is 19.7 Å². The lowest BCUT2D eigenvalue weighted by molar-refractivity contribution is -0.385. The molecule has 0 fully saturated rings. The molecule has 0 bridgehead atoms. The average Bonchev–Trinajstić information content (AvgIpc) is 2.77. The molecule has 31 heavy (non-hydrogen) atoms. The van der Waals surface area contributed by atoms with Crippen LogP contribution in [0.2, 0.25) is 0 Å². The lowest BCUT2D eigenvalue weighted by atomic mass is 10.1. The fourth-order valence-electron chi connectivity index (χ4n) is 3.00. The van der Waals surface area contributed by atoms with Crippen molar-refractivity contribution in [1.29, 1.82) is 0 Å². The monoisotopic (exact) mass is 433 g/mol. The van der Waals surface area contributed by atoms with Crippen molar-refractivity contribution in [1.82, 2.24) is 10.2 Å². The van der Waals surface area contributed by atoms with Gasteiger partial charge in [0, 0.05) is 25.7 Å². The number of carbonyl (C=O) groups excluding carboxylic acids is 2. The zero-order valence-corrected chi connectivity index (χ0v) is 17.5. The maximum Gasteiger partial charge on any atom is 0.311 e. The minimum Gasteiger partial charge on any atom is -0.490 e. The average molecular weight is 433 g/mol. The van der Waals surface area contributed by atoms with Gasteiger partial charge in [-0.15, -0.1) is 0 Å². The van der Waals surface area contributed by atoms with E-state index in [0.717, 1.165) is 0 Å². The minimum atomic E-state index is -0.752. The summed E-state index contributed by atoms with van der Waals surface area (Å²) in [6, 6.07) is 8.76. The predicted octanol–water partition coefficient (Wildman–Crippen LogP) is 2.67. The summed E-state index contributed by atoms with van der Waals surface area (Å²) in [5.74, 6) is -1.03. The molecule has 166 valence electrons. The SMILES string of the molecule is CCC(C(=O)NC)N(Cc1ccc(F)cc1)C(=O)COc1ccc([N+](=O)[O-])c(OC)c1. The molecule has 0 spiro atoms. The molecule has 2 aromatic carbocycles. The number of hydrogen-bond acceptors (Lipinski definition) is 6. The van der Waals surface area contributed by atoms with E-state index in [1.807, 2.05) is 0 Å². The summed E-state index contributed by atoms with van der Waals surface area (Å²) < 4.78 is 23.7. The highest BCUT2D eigenvalue weighted by Crippen LogP contribution is 2.30. The van der Waals surface area contributed by atoms with Gasteiger partial charge in [-0.1, -0.05) is 19.1 Å². The fourth-order valence-corrected chi connectivity index (χ4v) is 3.00. The van der Waals surface area contributed by atoms with Gasteiger partial charge in [0.2, 0.25) is 11.7 Å². The van der Waals surface area contributed by atoms with Gasteiger partial charge in [0.05, 0.1) is 12.0 Å². The van der Waals surface area contributed by atoms with Crippen LogP contribution in [0.3, 0.4) is 0 Å². The van der Waals surface area contributed by atoms with Crippen molar-refractivity contribution < 1.29 is 28.4 Å². The van der Waals surface area contributed by atoms with Gasteiger partial charge in [-0.05, 0) is 30.2 Å². The van der Waals surface area contributed by atoms with Gasteiger partial charge in [0.1, 0.15) is 17.6 Å². The first-order chi connectivity index (χ1) is 14.8. The van der Waals surface area contributed by atoms with Crippen LogP contribution in [0.15, 0.2) is 42.5 Å². The van der Waals surface area contributed by atoms with E-state index >= 15 is 0 Å². The molecular formula is C21H24FN3O6. The largest absolute Gasteiger partial charge is 0.490 e. The van der Waals surface area contributed by atoms with Gasteiger partial charge in [-0.2, -0.15) is 0 Å². The molecule has 0 saturated heterocycles. The van der Waals surface area contributed by atoms with Gasteiger partial charge < -0.3 is 19.7 Å². The number of rotatable bonds is 10. The standard InChI is InChI=1S/C21H24FN3O6/c1-4-17(21(27)23-2)24(12-14-5-7-15(22)8-6-14)20(26)13-31-16-9-10-18(25(28)29)19(11-16)30-3/h5-11,17H,4,12-13H2,1-3H3,(H,23,27). The summed E-state index contributed by atoms with van der Waals surface area (Å²) in [6.45, 7) is 1.44. The Morgan fingerprint density at radius 2 is 1.90 bits per heavy atom. The molecule has 2 aromatic rings. The van der Waals surface area contributed by atoms with Crippen LogP contribution >= 0.6 is 0 Å². The van der Waals surface area contributed by atoms with Gasteiger partial charge >= 0.3 is 5.69 Å². The topological polar surface area (TPSA) is 111 Å². The molecule has 0 heterocycles. The Bertz CT molecular complexity index is 935. The second-order valence-electron chi connectivity index (χ2n) is 6.57. The zero-order chi connectivity index (χ0) is 23.0.